The Morgan fingerprint density at radius 3 is 2.24 bits per heavy atom. The van der Waals surface area contributed by atoms with Gasteiger partial charge in [-0.25, -0.2) is 4.39 Å². The minimum Gasteiger partial charge on any atom is -0.353 e. The lowest BCUT2D eigenvalue weighted by Gasteiger charge is -2.34. The summed E-state index contributed by atoms with van der Waals surface area (Å²) in [6.07, 6.45) is -4.47. The van der Waals surface area contributed by atoms with Gasteiger partial charge in [-0.2, -0.15) is 13.2 Å². The van der Waals surface area contributed by atoms with Crippen LogP contribution in [0, 0.1) is 5.82 Å². The number of alkyl halides is 3. The molecule has 4 aromatic carbocycles. The molecule has 0 amide bonds. The fourth-order valence-corrected chi connectivity index (χ4v) is 5.40. The van der Waals surface area contributed by atoms with E-state index >= 15 is 0 Å². The van der Waals surface area contributed by atoms with Crippen molar-refractivity contribution in [1.82, 2.24) is 4.98 Å². The molecular weight excluding hydrogens is 460 g/mol. The third kappa shape index (κ3) is 3.35. The topological polar surface area (TPSA) is 19.0 Å². The van der Waals surface area contributed by atoms with Crippen LogP contribution in [0.3, 0.4) is 0 Å². The Kier molecular flexibility index (Phi) is 4.71. The van der Waals surface area contributed by atoms with Gasteiger partial charge in [-0.1, -0.05) is 42.1 Å². The van der Waals surface area contributed by atoms with Crippen molar-refractivity contribution in [3.05, 3.63) is 102 Å². The number of nitrogens with one attached hydrogen (secondary N) is 1. The van der Waals surface area contributed by atoms with Crippen LogP contribution in [-0.4, -0.2) is 4.98 Å². The van der Waals surface area contributed by atoms with Crippen molar-refractivity contribution in [1.29, 1.82) is 0 Å². The standard InChI is InChI=1S/C27H16F4N2S/c28-18-12-9-16(10-13-18)25-26(19-5-1-2-6-20(19)32-25)33-21-7-3-4-8-23(21)34-24-14-11-17(15-22(24)33)27(29,30)31/h1-15,32H. The van der Waals surface area contributed by atoms with Gasteiger partial charge in [0.2, 0.25) is 0 Å². The van der Waals surface area contributed by atoms with Gasteiger partial charge in [-0.15, -0.1) is 0 Å². The summed E-state index contributed by atoms with van der Waals surface area (Å²) in [5, 5.41) is 0.854. The quantitative estimate of drug-likeness (QED) is 0.252. The van der Waals surface area contributed by atoms with E-state index in [1.54, 1.807) is 12.1 Å². The van der Waals surface area contributed by atoms with Crippen LogP contribution in [0.15, 0.2) is 101 Å². The molecular formula is C27H16F4N2S. The number of para-hydroxylation sites is 2. The Morgan fingerprint density at radius 1 is 0.735 bits per heavy atom. The van der Waals surface area contributed by atoms with E-state index in [1.165, 1.54) is 36.0 Å². The molecule has 5 aromatic rings. The van der Waals surface area contributed by atoms with Crippen LogP contribution in [0.25, 0.3) is 22.2 Å². The highest BCUT2D eigenvalue weighted by atomic mass is 32.2. The summed E-state index contributed by atoms with van der Waals surface area (Å²) in [7, 11) is 0. The summed E-state index contributed by atoms with van der Waals surface area (Å²) >= 11 is 1.44. The Morgan fingerprint density at radius 2 is 1.44 bits per heavy atom. The summed E-state index contributed by atoms with van der Waals surface area (Å²) in [6.45, 7) is 0. The number of benzene rings is 4. The van der Waals surface area contributed by atoms with Crippen molar-refractivity contribution in [2.45, 2.75) is 16.0 Å². The van der Waals surface area contributed by atoms with Crippen LogP contribution in [0.4, 0.5) is 34.6 Å². The Hall–Kier alpha value is -3.71. The first kappa shape index (κ1) is 20.9. The largest absolute Gasteiger partial charge is 0.416 e. The normalized spacial score (nSPS) is 13.1. The van der Waals surface area contributed by atoms with Crippen molar-refractivity contribution in [2.24, 2.45) is 0 Å². The number of hydrogen-bond donors (Lipinski definition) is 1. The van der Waals surface area contributed by atoms with Crippen molar-refractivity contribution in [2.75, 3.05) is 4.90 Å². The van der Waals surface area contributed by atoms with Crippen LogP contribution in [0.1, 0.15) is 5.56 Å². The summed E-state index contributed by atoms with van der Waals surface area (Å²) in [6, 6.07) is 25.2. The van der Waals surface area contributed by atoms with Crippen LogP contribution in [-0.2, 0) is 6.18 Å². The Bertz CT molecular complexity index is 1540. The van der Waals surface area contributed by atoms with E-state index in [-0.39, 0.29) is 5.82 Å². The number of fused-ring (bicyclic) bond motifs is 3. The van der Waals surface area contributed by atoms with Gasteiger partial charge >= 0.3 is 6.18 Å². The number of aromatic nitrogens is 1. The van der Waals surface area contributed by atoms with Crippen molar-refractivity contribution < 1.29 is 17.6 Å². The van der Waals surface area contributed by atoms with Crippen LogP contribution < -0.4 is 4.90 Å². The van der Waals surface area contributed by atoms with E-state index in [1.807, 2.05) is 53.4 Å². The molecule has 6 rings (SSSR count). The molecule has 34 heavy (non-hydrogen) atoms. The molecule has 0 atom stereocenters. The van der Waals surface area contributed by atoms with Crippen molar-refractivity contribution >= 4 is 39.7 Å². The van der Waals surface area contributed by atoms with Crippen molar-refractivity contribution in [3.63, 3.8) is 0 Å². The predicted molar refractivity (Wildman–Crippen MR) is 128 cm³/mol. The maximum Gasteiger partial charge on any atom is 0.416 e. The monoisotopic (exact) mass is 476 g/mol. The van der Waals surface area contributed by atoms with E-state index in [0.717, 1.165) is 43.7 Å². The van der Waals surface area contributed by atoms with Crippen molar-refractivity contribution in [3.8, 4) is 11.3 Å². The van der Waals surface area contributed by atoms with Gasteiger partial charge in [0.1, 0.15) is 5.82 Å². The molecule has 0 fully saturated rings. The molecule has 0 radical (unpaired) electrons. The fourth-order valence-electron chi connectivity index (χ4n) is 4.36. The van der Waals surface area contributed by atoms with E-state index in [0.29, 0.717) is 11.4 Å². The maximum atomic E-state index is 13.7. The zero-order chi connectivity index (χ0) is 23.4. The molecule has 7 heteroatoms. The first-order valence-electron chi connectivity index (χ1n) is 10.5. The highest BCUT2D eigenvalue weighted by molar-refractivity contribution is 7.99. The van der Waals surface area contributed by atoms with Gasteiger partial charge in [-0.05, 0) is 60.7 Å². The lowest BCUT2D eigenvalue weighted by atomic mass is 10.1. The van der Waals surface area contributed by atoms with Crippen LogP contribution in [0.5, 0.6) is 0 Å². The first-order chi connectivity index (χ1) is 16.4. The highest BCUT2D eigenvalue weighted by Gasteiger charge is 2.35. The van der Waals surface area contributed by atoms with Gasteiger partial charge in [0.25, 0.3) is 0 Å². The minimum atomic E-state index is -4.47. The molecule has 1 aromatic heterocycles. The molecule has 0 saturated heterocycles. The molecule has 0 bridgehead atoms. The second kappa shape index (κ2) is 7.67. The summed E-state index contributed by atoms with van der Waals surface area (Å²) in [5.41, 5.74) is 3.51. The van der Waals surface area contributed by atoms with Gasteiger partial charge in [0.15, 0.2) is 0 Å². The molecule has 1 N–H and O–H groups in total. The number of aromatic amines is 1. The molecule has 1 aliphatic rings. The van der Waals surface area contributed by atoms with Crippen LogP contribution >= 0.6 is 11.8 Å². The summed E-state index contributed by atoms with van der Waals surface area (Å²) < 4.78 is 54.8. The van der Waals surface area contributed by atoms with Crippen LogP contribution in [0.2, 0.25) is 0 Å². The SMILES string of the molecule is Fc1ccc(-c2[nH]c3ccccc3c2N2c3ccccc3Sc3ccc(C(F)(F)F)cc32)cc1. The maximum absolute atomic E-state index is 13.7. The third-order valence-corrected chi connectivity index (χ3v) is 7.02. The summed E-state index contributed by atoms with van der Waals surface area (Å²) in [5.74, 6) is -0.360. The van der Waals surface area contributed by atoms with E-state index in [4.69, 9.17) is 0 Å². The molecule has 168 valence electrons. The molecule has 2 heterocycles. The van der Waals surface area contributed by atoms with Gasteiger partial charge < -0.3 is 9.88 Å². The number of hydrogen-bond acceptors (Lipinski definition) is 2. The third-order valence-electron chi connectivity index (χ3n) is 5.89. The van der Waals surface area contributed by atoms with E-state index in [9.17, 15) is 17.6 Å². The minimum absolute atomic E-state index is 0.360. The second-order valence-corrected chi connectivity index (χ2v) is 9.07. The second-order valence-electron chi connectivity index (χ2n) is 7.99. The predicted octanol–water partition coefficient (Wildman–Crippen LogP) is 8.93. The fraction of sp³-hybridized carbons (Fsp3) is 0.0370. The molecule has 0 saturated carbocycles. The number of nitrogens with zero attached hydrogens (tertiary/aromatic N) is 1. The zero-order valence-electron chi connectivity index (χ0n) is 17.5. The van der Waals surface area contributed by atoms with Gasteiger partial charge in [0.05, 0.1) is 28.3 Å². The molecule has 2 nitrogen and oxygen atoms in total. The molecule has 1 aliphatic heterocycles. The number of anilines is 3. The van der Waals surface area contributed by atoms with E-state index in [2.05, 4.69) is 4.98 Å². The molecule has 0 aliphatic carbocycles. The summed E-state index contributed by atoms with van der Waals surface area (Å²) in [4.78, 5) is 6.95. The number of rotatable bonds is 2. The lowest BCUT2D eigenvalue weighted by Crippen LogP contribution is -2.17. The van der Waals surface area contributed by atoms with Gasteiger partial charge in [-0.3, -0.25) is 0 Å². The number of halogens is 4. The number of H-pyrrole nitrogens is 1. The molecule has 0 unspecified atom stereocenters. The first-order valence-corrected chi connectivity index (χ1v) is 11.4. The lowest BCUT2D eigenvalue weighted by molar-refractivity contribution is -0.137. The smallest absolute Gasteiger partial charge is 0.353 e. The van der Waals surface area contributed by atoms with E-state index < -0.39 is 11.7 Å². The average Bonchev–Trinajstić information content (AvgIpc) is 3.21. The average molecular weight is 476 g/mol. The Labute approximate surface area is 196 Å². The Balaban J connectivity index is 1.69. The highest BCUT2D eigenvalue weighted by Crippen LogP contribution is 2.55. The van der Waals surface area contributed by atoms with Gasteiger partial charge in [0, 0.05) is 26.3 Å². The molecule has 0 spiro atoms. The zero-order valence-corrected chi connectivity index (χ0v) is 18.3.